The molecule has 0 unspecified atom stereocenters. The quantitative estimate of drug-likeness (QED) is 0.355. The molecule has 2 fully saturated rings. The summed E-state index contributed by atoms with van der Waals surface area (Å²) in [5, 5.41) is 4.57. The largest absolute Gasteiger partial charge is 0.419 e. The number of nitrogens with two attached hydrogens (primary N) is 1. The molecule has 0 aliphatic carbocycles. The second-order valence-corrected chi connectivity index (χ2v) is 10.9. The number of piperidine rings is 2. The number of imidazole rings is 1. The lowest BCUT2D eigenvalue weighted by molar-refractivity contribution is -0.138. The number of alkyl halides is 3. The Morgan fingerprint density at radius 3 is 2.34 bits per heavy atom. The minimum absolute atomic E-state index is 0.142. The van der Waals surface area contributed by atoms with Gasteiger partial charge in [-0.1, -0.05) is 24.3 Å². The second-order valence-electron chi connectivity index (χ2n) is 10.9. The van der Waals surface area contributed by atoms with E-state index in [2.05, 4.69) is 37.0 Å². The van der Waals surface area contributed by atoms with Gasteiger partial charge in [-0.05, 0) is 69.0 Å². The summed E-state index contributed by atoms with van der Waals surface area (Å²) in [6.07, 6.45) is 3.65. The first kappa shape index (κ1) is 27.2. The standard InChI is InChI=1S/C30H32F3N7O/c31-30(32,33)24-16-23(17-36-28(24)34)25-8-9-27-35-18-26(40(27)37-25)21-6-4-20(5-7-21)19-38-14-10-22(11-15-38)29(41)39-12-2-1-3-13-39/h4-9,16-18,22H,1-3,10-15,19H2,(H2,34,36). The van der Waals surface area contributed by atoms with Crippen molar-refractivity contribution < 1.29 is 18.0 Å². The summed E-state index contributed by atoms with van der Waals surface area (Å²) in [6, 6.07) is 12.5. The Labute approximate surface area is 236 Å². The highest BCUT2D eigenvalue weighted by Crippen LogP contribution is 2.35. The number of amides is 1. The molecule has 5 heterocycles. The Hall–Kier alpha value is -3.99. The van der Waals surface area contributed by atoms with Gasteiger partial charge >= 0.3 is 6.18 Å². The van der Waals surface area contributed by atoms with Crippen LogP contribution in [0.1, 0.15) is 43.2 Å². The Morgan fingerprint density at radius 2 is 1.63 bits per heavy atom. The van der Waals surface area contributed by atoms with Crippen molar-refractivity contribution in [3.63, 3.8) is 0 Å². The molecule has 6 rings (SSSR count). The Kier molecular flexibility index (Phi) is 7.37. The van der Waals surface area contributed by atoms with Crippen LogP contribution in [0.15, 0.2) is 54.9 Å². The van der Waals surface area contributed by atoms with Crippen molar-refractivity contribution in [2.24, 2.45) is 5.92 Å². The molecule has 2 aliphatic rings. The van der Waals surface area contributed by atoms with E-state index >= 15 is 0 Å². The average Bonchev–Trinajstić information content (AvgIpc) is 3.41. The number of nitrogen functional groups attached to an aromatic ring is 1. The van der Waals surface area contributed by atoms with Crippen LogP contribution in [0.3, 0.4) is 0 Å². The summed E-state index contributed by atoms with van der Waals surface area (Å²) in [6.45, 7) is 4.44. The number of pyridine rings is 1. The lowest BCUT2D eigenvalue weighted by atomic mass is 9.94. The number of hydrogen-bond acceptors (Lipinski definition) is 6. The van der Waals surface area contributed by atoms with E-state index in [1.54, 1.807) is 22.8 Å². The van der Waals surface area contributed by atoms with Crippen LogP contribution in [0.5, 0.6) is 0 Å². The summed E-state index contributed by atoms with van der Waals surface area (Å²) < 4.78 is 41.7. The molecule has 0 bridgehead atoms. The first-order valence-electron chi connectivity index (χ1n) is 14.0. The van der Waals surface area contributed by atoms with Crippen molar-refractivity contribution in [3.05, 3.63) is 66.0 Å². The van der Waals surface area contributed by atoms with Gasteiger partial charge in [-0.2, -0.15) is 18.3 Å². The molecule has 4 aromatic rings. The van der Waals surface area contributed by atoms with E-state index in [1.807, 2.05) is 12.1 Å². The van der Waals surface area contributed by atoms with Crippen LogP contribution >= 0.6 is 0 Å². The van der Waals surface area contributed by atoms with Gasteiger partial charge in [0.15, 0.2) is 5.65 Å². The summed E-state index contributed by atoms with van der Waals surface area (Å²) in [4.78, 5) is 25.5. The number of aromatic nitrogens is 4. The summed E-state index contributed by atoms with van der Waals surface area (Å²) in [5.41, 5.74) is 8.38. The second kappa shape index (κ2) is 11.1. The maximum absolute atomic E-state index is 13.4. The van der Waals surface area contributed by atoms with E-state index in [0.29, 0.717) is 17.2 Å². The predicted octanol–water partition coefficient (Wildman–Crippen LogP) is 5.28. The van der Waals surface area contributed by atoms with Crippen molar-refractivity contribution in [2.45, 2.75) is 44.8 Å². The monoisotopic (exact) mass is 563 g/mol. The maximum Gasteiger partial charge on any atom is 0.419 e. The lowest BCUT2D eigenvalue weighted by Gasteiger charge is -2.35. The van der Waals surface area contributed by atoms with Crippen LogP contribution in [0, 0.1) is 5.92 Å². The first-order chi connectivity index (χ1) is 19.8. The van der Waals surface area contributed by atoms with E-state index < -0.39 is 17.6 Å². The van der Waals surface area contributed by atoms with E-state index in [4.69, 9.17) is 5.73 Å². The summed E-state index contributed by atoms with van der Waals surface area (Å²) in [7, 11) is 0. The number of anilines is 1. The number of rotatable bonds is 5. The van der Waals surface area contributed by atoms with Gasteiger partial charge in [-0.15, -0.1) is 0 Å². The molecule has 0 atom stereocenters. The third-order valence-corrected chi connectivity index (χ3v) is 8.14. The highest BCUT2D eigenvalue weighted by Gasteiger charge is 2.34. The zero-order valence-corrected chi connectivity index (χ0v) is 22.6. The molecule has 8 nitrogen and oxygen atoms in total. The Balaban J connectivity index is 1.14. The fourth-order valence-electron chi connectivity index (χ4n) is 5.82. The van der Waals surface area contributed by atoms with Gasteiger partial charge in [0, 0.05) is 42.9 Å². The Bertz CT molecular complexity index is 1540. The van der Waals surface area contributed by atoms with Gasteiger partial charge in [0.05, 0.1) is 23.1 Å². The van der Waals surface area contributed by atoms with Gasteiger partial charge in [0.1, 0.15) is 5.82 Å². The van der Waals surface area contributed by atoms with Crippen molar-refractivity contribution in [3.8, 4) is 22.5 Å². The fraction of sp³-hybridized carbons (Fsp3) is 0.400. The first-order valence-corrected chi connectivity index (χ1v) is 14.0. The number of halogens is 3. The number of hydrogen-bond donors (Lipinski definition) is 1. The zero-order chi connectivity index (χ0) is 28.6. The maximum atomic E-state index is 13.4. The molecule has 214 valence electrons. The average molecular weight is 564 g/mol. The van der Waals surface area contributed by atoms with Gasteiger partial charge in [0.25, 0.3) is 0 Å². The van der Waals surface area contributed by atoms with E-state index in [1.165, 1.54) is 18.2 Å². The van der Waals surface area contributed by atoms with Crippen LogP contribution in [0.4, 0.5) is 19.0 Å². The molecule has 2 aliphatic heterocycles. The van der Waals surface area contributed by atoms with E-state index in [-0.39, 0.29) is 11.5 Å². The van der Waals surface area contributed by atoms with Crippen molar-refractivity contribution in [2.75, 3.05) is 31.9 Å². The Morgan fingerprint density at radius 1 is 0.902 bits per heavy atom. The van der Waals surface area contributed by atoms with Gasteiger partial charge in [0.2, 0.25) is 5.91 Å². The molecule has 0 spiro atoms. The number of carbonyl (C=O) groups excluding carboxylic acids is 1. The zero-order valence-electron chi connectivity index (χ0n) is 22.6. The molecule has 1 amide bonds. The molecule has 0 saturated carbocycles. The molecular weight excluding hydrogens is 531 g/mol. The van der Waals surface area contributed by atoms with Crippen molar-refractivity contribution in [1.29, 1.82) is 0 Å². The van der Waals surface area contributed by atoms with Crippen LogP contribution in [-0.2, 0) is 17.5 Å². The molecule has 11 heteroatoms. The third kappa shape index (κ3) is 5.76. The molecule has 2 N–H and O–H groups in total. The van der Waals surface area contributed by atoms with Crippen LogP contribution < -0.4 is 5.73 Å². The van der Waals surface area contributed by atoms with Crippen molar-refractivity contribution in [1.82, 2.24) is 29.4 Å². The topological polar surface area (TPSA) is 92.6 Å². The molecule has 3 aromatic heterocycles. The normalized spacial score (nSPS) is 17.3. The van der Waals surface area contributed by atoms with Crippen molar-refractivity contribution >= 4 is 17.4 Å². The summed E-state index contributed by atoms with van der Waals surface area (Å²) >= 11 is 0. The smallest absolute Gasteiger partial charge is 0.383 e. The van der Waals surface area contributed by atoms with Gasteiger partial charge in [-0.3, -0.25) is 9.69 Å². The highest BCUT2D eigenvalue weighted by molar-refractivity contribution is 5.79. The molecule has 2 saturated heterocycles. The van der Waals surface area contributed by atoms with Gasteiger partial charge < -0.3 is 10.6 Å². The molecule has 41 heavy (non-hydrogen) atoms. The molecule has 0 radical (unpaired) electrons. The fourth-order valence-corrected chi connectivity index (χ4v) is 5.82. The minimum Gasteiger partial charge on any atom is -0.383 e. The van der Waals surface area contributed by atoms with Crippen LogP contribution in [-0.4, -0.2) is 61.5 Å². The summed E-state index contributed by atoms with van der Waals surface area (Å²) in [5.74, 6) is -0.0867. The number of carbonyl (C=O) groups is 1. The highest BCUT2D eigenvalue weighted by atomic mass is 19.4. The van der Waals surface area contributed by atoms with Crippen LogP contribution in [0.2, 0.25) is 0 Å². The number of nitrogens with zero attached hydrogens (tertiary/aromatic N) is 6. The number of likely N-dealkylation sites (tertiary alicyclic amines) is 2. The predicted molar refractivity (Wildman–Crippen MR) is 150 cm³/mol. The van der Waals surface area contributed by atoms with Gasteiger partial charge in [-0.25, -0.2) is 14.5 Å². The number of fused-ring (bicyclic) bond motifs is 1. The molecule has 1 aromatic carbocycles. The van der Waals surface area contributed by atoms with E-state index in [9.17, 15) is 18.0 Å². The van der Waals surface area contributed by atoms with Crippen LogP contribution in [0.25, 0.3) is 28.2 Å². The number of benzene rings is 1. The SMILES string of the molecule is Nc1ncc(-c2ccc3ncc(-c4ccc(CN5CCC(C(=O)N6CCCCC6)CC5)cc4)n3n2)cc1C(F)(F)F. The lowest BCUT2D eigenvalue weighted by Crippen LogP contribution is -2.44. The third-order valence-electron chi connectivity index (χ3n) is 8.14. The minimum atomic E-state index is -4.61. The van der Waals surface area contributed by atoms with E-state index in [0.717, 1.165) is 75.7 Å². The molecular formula is C30H32F3N7O.